The van der Waals surface area contributed by atoms with Crippen molar-refractivity contribution < 1.29 is 24.2 Å². The van der Waals surface area contributed by atoms with Gasteiger partial charge in [0.15, 0.2) is 0 Å². The third-order valence-electron chi connectivity index (χ3n) is 5.45. The minimum Gasteiger partial charge on any atom is -0.497 e. The van der Waals surface area contributed by atoms with Crippen LogP contribution in [0.3, 0.4) is 0 Å². The largest absolute Gasteiger partial charge is 0.497 e. The first kappa shape index (κ1) is 21.9. The van der Waals surface area contributed by atoms with Crippen LogP contribution in [0.4, 0.5) is 5.69 Å². The first-order chi connectivity index (χ1) is 15.9. The van der Waals surface area contributed by atoms with Crippen LogP contribution in [0.5, 0.6) is 5.75 Å². The highest BCUT2D eigenvalue weighted by Gasteiger charge is 2.25. The van der Waals surface area contributed by atoms with E-state index in [0.717, 1.165) is 16.9 Å². The molecule has 0 bridgehead atoms. The van der Waals surface area contributed by atoms with Crippen molar-refractivity contribution in [2.24, 2.45) is 0 Å². The lowest BCUT2D eigenvalue weighted by Gasteiger charge is -2.30. The van der Waals surface area contributed by atoms with Gasteiger partial charge in [-0.3, -0.25) is 9.59 Å². The molecule has 3 N–H and O–H groups in total. The Hall–Kier alpha value is -4.33. The zero-order valence-corrected chi connectivity index (χ0v) is 18.0. The van der Waals surface area contributed by atoms with Gasteiger partial charge in [-0.2, -0.15) is 0 Å². The number of ether oxygens (including phenoxy) is 1. The zero-order valence-electron chi connectivity index (χ0n) is 18.0. The van der Waals surface area contributed by atoms with E-state index in [1.54, 1.807) is 42.3 Å². The minimum absolute atomic E-state index is 0.192. The third kappa shape index (κ3) is 4.95. The minimum atomic E-state index is -0.996. The van der Waals surface area contributed by atoms with Gasteiger partial charge in [-0.15, -0.1) is 0 Å². The topological polar surface area (TPSA) is 108 Å². The van der Waals surface area contributed by atoms with Gasteiger partial charge in [-0.1, -0.05) is 24.3 Å². The second kappa shape index (κ2) is 9.44. The fraction of sp³-hybridized carbons (Fsp3) is 0.160. The predicted octanol–water partition coefficient (Wildman–Crippen LogP) is 3.35. The number of aromatic carboxylic acids is 1. The number of carbonyl (C=O) groups is 3. The number of amides is 2. The lowest BCUT2D eigenvalue weighted by molar-refractivity contribution is 0.0694. The number of carbonyl (C=O) groups excluding carboxylic acids is 2. The molecule has 0 aliphatic carbocycles. The Balaban J connectivity index is 1.43. The second-order valence-corrected chi connectivity index (χ2v) is 7.63. The van der Waals surface area contributed by atoms with Gasteiger partial charge in [0.2, 0.25) is 0 Å². The molecule has 1 aliphatic rings. The molecule has 1 aliphatic heterocycles. The molecular formula is C25H23N3O5. The van der Waals surface area contributed by atoms with Gasteiger partial charge in [-0.05, 0) is 53.6 Å². The lowest BCUT2D eigenvalue weighted by Crippen LogP contribution is -2.39. The maximum atomic E-state index is 13.1. The van der Waals surface area contributed by atoms with Crippen molar-refractivity contribution in [1.82, 2.24) is 10.2 Å². The number of nitrogens with zero attached hydrogens (tertiary/aromatic N) is 1. The Bertz CT molecular complexity index is 1190. The van der Waals surface area contributed by atoms with Crippen LogP contribution in [0.2, 0.25) is 0 Å². The summed E-state index contributed by atoms with van der Waals surface area (Å²) in [7, 11) is 1.60. The molecule has 3 aromatic carbocycles. The number of benzene rings is 3. The van der Waals surface area contributed by atoms with E-state index in [1.165, 1.54) is 12.1 Å². The van der Waals surface area contributed by atoms with Crippen LogP contribution in [0, 0.1) is 0 Å². The quantitative estimate of drug-likeness (QED) is 0.515. The summed E-state index contributed by atoms with van der Waals surface area (Å²) >= 11 is 0. The molecule has 0 aromatic heterocycles. The number of fused-ring (bicyclic) bond motifs is 1. The first-order valence-electron chi connectivity index (χ1n) is 10.3. The normalized spacial score (nSPS) is 12.5. The molecular weight excluding hydrogens is 422 g/mol. The third-order valence-corrected chi connectivity index (χ3v) is 5.45. The number of rotatable bonds is 7. The van der Waals surface area contributed by atoms with Crippen LogP contribution in [0.1, 0.15) is 42.2 Å². The molecule has 1 heterocycles. The fourth-order valence-corrected chi connectivity index (χ4v) is 3.57. The molecule has 0 radical (unpaired) electrons. The van der Waals surface area contributed by atoms with Gasteiger partial charge < -0.3 is 25.4 Å². The first-order valence-corrected chi connectivity index (χ1v) is 10.3. The van der Waals surface area contributed by atoms with Crippen LogP contribution >= 0.6 is 0 Å². The molecule has 0 saturated heterocycles. The summed E-state index contributed by atoms with van der Waals surface area (Å²) in [6.07, 6.45) is 0. The summed E-state index contributed by atoms with van der Waals surface area (Å²) in [4.78, 5) is 38.4. The predicted molar refractivity (Wildman–Crippen MR) is 122 cm³/mol. The Kier molecular flexibility index (Phi) is 6.26. The molecule has 0 atom stereocenters. The summed E-state index contributed by atoms with van der Waals surface area (Å²) in [5.41, 5.74) is 3.42. The summed E-state index contributed by atoms with van der Waals surface area (Å²) in [5, 5.41) is 15.1. The molecule has 8 nitrogen and oxygen atoms in total. The number of hydrogen-bond donors (Lipinski definition) is 3. The maximum Gasteiger partial charge on any atom is 0.335 e. The fourth-order valence-electron chi connectivity index (χ4n) is 3.57. The maximum absolute atomic E-state index is 13.1. The van der Waals surface area contributed by atoms with Crippen LogP contribution in [0.15, 0.2) is 66.7 Å². The molecule has 0 spiro atoms. The standard InChI is InChI=1S/C25H23N3O5/c1-33-20-9-4-16(5-10-20)13-26-23(29)19-8-11-22-21(12-19)24(30)28(15-27-22)14-17-2-6-18(7-3-17)25(31)32/h2-12,27H,13-15H2,1H3,(H,26,29)(H,31,32). The highest BCUT2D eigenvalue weighted by molar-refractivity contribution is 6.04. The zero-order chi connectivity index (χ0) is 23.4. The van der Waals surface area contributed by atoms with E-state index in [0.29, 0.717) is 36.6 Å². The molecule has 2 amide bonds. The number of anilines is 1. The molecule has 4 rings (SSSR count). The van der Waals surface area contributed by atoms with Crippen molar-refractivity contribution in [2.75, 3.05) is 19.1 Å². The van der Waals surface area contributed by atoms with E-state index in [4.69, 9.17) is 9.84 Å². The Labute approximate surface area is 190 Å². The summed E-state index contributed by atoms with van der Waals surface area (Å²) in [6.45, 7) is 0.985. The summed E-state index contributed by atoms with van der Waals surface area (Å²) < 4.78 is 5.14. The van der Waals surface area contributed by atoms with Gasteiger partial charge >= 0.3 is 5.97 Å². The highest BCUT2D eigenvalue weighted by atomic mass is 16.5. The Morgan fingerprint density at radius 1 is 1.00 bits per heavy atom. The molecule has 168 valence electrons. The highest BCUT2D eigenvalue weighted by Crippen LogP contribution is 2.25. The van der Waals surface area contributed by atoms with Gasteiger partial charge in [0, 0.05) is 24.3 Å². The number of carboxylic acid groups (broad SMARTS) is 1. The van der Waals surface area contributed by atoms with Crippen molar-refractivity contribution in [2.45, 2.75) is 13.1 Å². The lowest BCUT2D eigenvalue weighted by atomic mass is 10.0. The average Bonchev–Trinajstić information content (AvgIpc) is 2.84. The average molecular weight is 445 g/mol. The molecule has 0 saturated carbocycles. The van der Waals surface area contributed by atoms with E-state index in [1.807, 2.05) is 24.3 Å². The van der Waals surface area contributed by atoms with Crippen LogP contribution in [-0.4, -0.2) is 41.6 Å². The summed E-state index contributed by atoms with van der Waals surface area (Å²) in [6, 6.07) is 18.8. The van der Waals surface area contributed by atoms with Gasteiger partial charge in [0.05, 0.1) is 24.9 Å². The van der Waals surface area contributed by atoms with Gasteiger partial charge in [0.1, 0.15) is 5.75 Å². The van der Waals surface area contributed by atoms with E-state index < -0.39 is 5.97 Å². The van der Waals surface area contributed by atoms with E-state index in [2.05, 4.69) is 10.6 Å². The van der Waals surface area contributed by atoms with E-state index in [9.17, 15) is 14.4 Å². The monoisotopic (exact) mass is 445 g/mol. The van der Waals surface area contributed by atoms with E-state index >= 15 is 0 Å². The van der Waals surface area contributed by atoms with Crippen LogP contribution in [-0.2, 0) is 13.1 Å². The van der Waals surface area contributed by atoms with Crippen LogP contribution in [0.25, 0.3) is 0 Å². The van der Waals surface area contributed by atoms with Gasteiger partial charge in [0.25, 0.3) is 11.8 Å². The van der Waals surface area contributed by atoms with Crippen molar-refractivity contribution in [1.29, 1.82) is 0 Å². The van der Waals surface area contributed by atoms with Crippen LogP contribution < -0.4 is 15.4 Å². The van der Waals surface area contributed by atoms with Crippen molar-refractivity contribution in [3.8, 4) is 5.75 Å². The molecule has 0 unspecified atom stereocenters. The SMILES string of the molecule is COc1ccc(CNC(=O)c2ccc3c(c2)C(=O)N(Cc2ccc(C(=O)O)cc2)CN3)cc1. The Morgan fingerprint density at radius 2 is 1.67 bits per heavy atom. The summed E-state index contributed by atoms with van der Waals surface area (Å²) in [5.74, 6) is -0.726. The molecule has 33 heavy (non-hydrogen) atoms. The van der Waals surface area contributed by atoms with Crippen molar-refractivity contribution in [3.05, 3.63) is 94.5 Å². The van der Waals surface area contributed by atoms with Crippen molar-refractivity contribution in [3.63, 3.8) is 0 Å². The number of hydrogen-bond acceptors (Lipinski definition) is 5. The van der Waals surface area contributed by atoms with Crippen molar-refractivity contribution >= 4 is 23.5 Å². The smallest absolute Gasteiger partial charge is 0.335 e. The molecule has 3 aromatic rings. The Morgan fingerprint density at radius 3 is 2.33 bits per heavy atom. The number of methoxy groups -OCH3 is 1. The number of carboxylic acids is 1. The molecule has 0 fully saturated rings. The molecule has 8 heteroatoms. The second-order valence-electron chi connectivity index (χ2n) is 7.63. The van der Waals surface area contributed by atoms with E-state index in [-0.39, 0.29) is 17.4 Å². The van der Waals surface area contributed by atoms with Gasteiger partial charge in [-0.25, -0.2) is 4.79 Å². The number of nitrogens with one attached hydrogen (secondary N) is 2.